The largest absolute Gasteiger partial charge is 0.392 e. The third-order valence-corrected chi connectivity index (χ3v) is 2.83. The summed E-state index contributed by atoms with van der Waals surface area (Å²) in [6, 6.07) is 8.58. The van der Waals surface area contributed by atoms with Crippen LogP contribution in [0.15, 0.2) is 24.3 Å². The van der Waals surface area contributed by atoms with Gasteiger partial charge >= 0.3 is 0 Å². The van der Waals surface area contributed by atoms with Crippen molar-refractivity contribution in [2.75, 3.05) is 6.54 Å². The van der Waals surface area contributed by atoms with Gasteiger partial charge in [-0.05, 0) is 29.4 Å². The molecule has 90 valence electrons. The highest BCUT2D eigenvalue weighted by molar-refractivity contribution is 5.28. The maximum atomic E-state index is 9.42. The fourth-order valence-corrected chi connectivity index (χ4v) is 1.64. The summed E-state index contributed by atoms with van der Waals surface area (Å²) < 4.78 is 0. The van der Waals surface area contributed by atoms with Gasteiger partial charge in [0.05, 0.1) is 6.10 Å². The van der Waals surface area contributed by atoms with E-state index in [-0.39, 0.29) is 11.5 Å². The van der Waals surface area contributed by atoms with Crippen LogP contribution in [0, 0.1) is 0 Å². The van der Waals surface area contributed by atoms with E-state index < -0.39 is 0 Å². The van der Waals surface area contributed by atoms with E-state index in [9.17, 15) is 5.11 Å². The van der Waals surface area contributed by atoms with Crippen LogP contribution < -0.4 is 5.73 Å². The van der Waals surface area contributed by atoms with Crippen molar-refractivity contribution < 1.29 is 5.11 Å². The summed E-state index contributed by atoms with van der Waals surface area (Å²) in [5.74, 6) is 0. The lowest BCUT2D eigenvalue weighted by molar-refractivity contribution is 0.173. The van der Waals surface area contributed by atoms with Crippen LogP contribution >= 0.6 is 0 Å². The summed E-state index contributed by atoms with van der Waals surface area (Å²) in [6.45, 7) is 6.97. The molecule has 1 atom stereocenters. The molecule has 0 fully saturated rings. The third-order valence-electron chi connectivity index (χ3n) is 2.83. The molecule has 0 heterocycles. The Morgan fingerprint density at radius 1 is 1.31 bits per heavy atom. The fraction of sp³-hybridized carbons (Fsp3) is 0.571. The van der Waals surface area contributed by atoms with Crippen LogP contribution in [0.5, 0.6) is 0 Å². The number of aryl methyl sites for hydroxylation is 1. The van der Waals surface area contributed by atoms with Gasteiger partial charge < -0.3 is 10.8 Å². The van der Waals surface area contributed by atoms with Crippen LogP contribution in [-0.4, -0.2) is 17.8 Å². The predicted molar refractivity (Wildman–Crippen MR) is 68.5 cm³/mol. The van der Waals surface area contributed by atoms with Crippen molar-refractivity contribution >= 4 is 0 Å². The van der Waals surface area contributed by atoms with E-state index in [4.69, 9.17) is 5.73 Å². The van der Waals surface area contributed by atoms with Crippen LogP contribution in [0.1, 0.15) is 38.3 Å². The maximum absolute atomic E-state index is 9.42. The smallest absolute Gasteiger partial charge is 0.0665 e. The molecule has 0 saturated heterocycles. The first-order valence-electron chi connectivity index (χ1n) is 5.91. The molecule has 0 aliphatic heterocycles. The topological polar surface area (TPSA) is 46.2 Å². The number of rotatable bonds is 4. The van der Waals surface area contributed by atoms with Crippen LogP contribution in [0.4, 0.5) is 0 Å². The molecule has 2 heteroatoms. The molecule has 0 spiro atoms. The summed E-state index contributed by atoms with van der Waals surface area (Å²) >= 11 is 0. The summed E-state index contributed by atoms with van der Waals surface area (Å²) in [6.07, 6.45) is 1.25. The molecule has 2 nitrogen and oxygen atoms in total. The van der Waals surface area contributed by atoms with Crippen molar-refractivity contribution in [3.63, 3.8) is 0 Å². The standard InChI is InChI=1S/C14H23NO/c1-14(2,3)12-6-4-5-11(9-12)7-8-13(16)10-15/h4-6,9,13,16H,7-8,10,15H2,1-3H3. The number of hydrogen-bond acceptors (Lipinski definition) is 2. The molecule has 1 rings (SSSR count). The van der Waals surface area contributed by atoms with E-state index in [0.29, 0.717) is 6.54 Å². The Bertz CT molecular complexity index is 328. The first-order valence-corrected chi connectivity index (χ1v) is 5.91. The molecule has 0 aromatic heterocycles. The molecule has 0 saturated carbocycles. The minimum absolute atomic E-state index is 0.183. The SMILES string of the molecule is CC(C)(C)c1cccc(CCC(O)CN)c1. The minimum Gasteiger partial charge on any atom is -0.392 e. The zero-order valence-electron chi connectivity index (χ0n) is 10.5. The first-order chi connectivity index (χ1) is 7.43. The molecule has 0 aliphatic rings. The number of benzene rings is 1. The second-order valence-electron chi connectivity index (χ2n) is 5.38. The van der Waals surface area contributed by atoms with Gasteiger partial charge in [0, 0.05) is 6.54 Å². The Hall–Kier alpha value is -0.860. The van der Waals surface area contributed by atoms with Gasteiger partial charge in [-0.2, -0.15) is 0 Å². The molecule has 0 amide bonds. The average Bonchev–Trinajstić information content (AvgIpc) is 2.25. The molecule has 1 unspecified atom stereocenters. The zero-order valence-corrected chi connectivity index (χ0v) is 10.5. The lowest BCUT2D eigenvalue weighted by Crippen LogP contribution is -2.20. The Morgan fingerprint density at radius 3 is 2.56 bits per heavy atom. The summed E-state index contributed by atoms with van der Waals surface area (Å²) in [5, 5.41) is 9.42. The van der Waals surface area contributed by atoms with Gasteiger partial charge in [0.15, 0.2) is 0 Å². The van der Waals surface area contributed by atoms with Gasteiger partial charge in [0.1, 0.15) is 0 Å². The zero-order chi connectivity index (χ0) is 12.2. The Kier molecular flexibility index (Phi) is 4.51. The van der Waals surface area contributed by atoms with E-state index in [1.54, 1.807) is 0 Å². The lowest BCUT2D eigenvalue weighted by atomic mass is 9.86. The molecule has 0 aliphatic carbocycles. The van der Waals surface area contributed by atoms with Crippen molar-refractivity contribution in [3.8, 4) is 0 Å². The van der Waals surface area contributed by atoms with Crippen LogP contribution in [-0.2, 0) is 11.8 Å². The van der Waals surface area contributed by atoms with E-state index in [0.717, 1.165) is 12.8 Å². The predicted octanol–water partition coefficient (Wildman–Crippen LogP) is 2.24. The molecule has 1 aromatic rings. The van der Waals surface area contributed by atoms with Crippen molar-refractivity contribution in [2.24, 2.45) is 5.73 Å². The second kappa shape index (κ2) is 5.46. The maximum Gasteiger partial charge on any atom is 0.0665 e. The highest BCUT2D eigenvalue weighted by atomic mass is 16.3. The number of hydrogen-bond donors (Lipinski definition) is 2. The van der Waals surface area contributed by atoms with Gasteiger partial charge in [0.2, 0.25) is 0 Å². The molecule has 0 bridgehead atoms. The summed E-state index contributed by atoms with van der Waals surface area (Å²) in [5.41, 5.74) is 8.19. The molecule has 0 radical (unpaired) electrons. The van der Waals surface area contributed by atoms with E-state index >= 15 is 0 Å². The Balaban J connectivity index is 2.68. The molecular formula is C14H23NO. The van der Waals surface area contributed by atoms with Crippen LogP contribution in [0.3, 0.4) is 0 Å². The third kappa shape index (κ3) is 3.95. The Labute approximate surface area is 98.5 Å². The van der Waals surface area contributed by atoms with Crippen molar-refractivity contribution in [2.45, 2.75) is 45.1 Å². The van der Waals surface area contributed by atoms with Crippen molar-refractivity contribution in [1.29, 1.82) is 0 Å². The summed E-state index contributed by atoms with van der Waals surface area (Å²) in [7, 11) is 0. The lowest BCUT2D eigenvalue weighted by Gasteiger charge is -2.20. The fourth-order valence-electron chi connectivity index (χ4n) is 1.64. The highest BCUT2D eigenvalue weighted by Gasteiger charge is 2.13. The highest BCUT2D eigenvalue weighted by Crippen LogP contribution is 2.23. The van der Waals surface area contributed by atoms with E-state index in [1.165, 1.54) is 11.1 Å². The van der Waals surface area contributed by atoms with Gasteiger partial charge in [-0.3, -0.25) is 0 Å². The van der Waals surface area contributed by atoms with Gasteiger partial charge in [0.25, 0.3) is 0 Å². The number of aliphatic hydroxyl groups is 1. The van der Waals surface area contributed by atoms with Crippen molar-refractivity contribution in [3.05, 3.63) is 35.4 Å². The Morgan fingerprint density at radius 2 is 2.00 bits per heavy atom. The summed E-state index contributed by atoms with van der Waals surface area (Å²) in [4.78, 5) is 0. The molecule has 16 heavy (non-hydrogen) atoms. The monoisotopic (exact) mass is 221 g/mol. The van der Waals surface area contributed by atoms with E-state index in [1.807, 2.05) is 0 Å². The van der Waals surface area contributed by atoms with Crippen LogP contribution in [0.25, 0.3) is 0 Å². The molecule has 1 aromatic carbocycles. The first kappa shape index (κ1) is 13.2. The molecular weight excluding hydrogens is 198 g/mol. The quantitative estimate of drug-likeness (QED) is 0.819. The normalized spacial score (nSPS) is 13.8. The van der Waals surface area contributed by atoms with Crippen LogP contribution in [0.2, 0.25) is 0 Å². The average molecular weight is 221 g/mol. The van der Waals surface area contributed by atoms with Crippen molar-refractivity contribution in [1.82, 2.24) is 0 Å². The van der Waals surface area contributed by atoms with Gasteiger partial charge in [-0.15, -0.1) is 0 Å². The van der Waals surface area contributed by atoms with Gasteiger partial charge in [-0.25, -0.2) is 0 Å². The second-order valence-corrected chi connectivity index (χ2v) is 5.38. The number of aliphatic hydroxyl groups excluding tert-OH is 1. The number of nitrogens with two attached hydrogens (primary N) is 1. The van der Waals surface area contributed by atoms with E-state index in [2.05, 4.69) is 45.0 Å². The van der Waals surface area contributed by atoms with Gasteiger partial charge in [-0.1, -0.05) is 45.0 Å². The molecule has 3 N–H and O–H groups in total. The minimum atomic E-state index is -0.377.